The zero-order valence-electron chi connectivity index (χ0n) is 14.0. The number of hydrogen-bond acceptors (Lipinski definition) is 5. The van der Waals surface area contributed by atoms with E-state index in [1.54, 1.807) is 30.3 Å². The summed E-state index contributed by atoms with van der Waals surface area (Å²) in [6.07, 6.45) is 0. The Balaban J connectivity index is 1.63. The van der Waals surface area contributed by atoms with Crippen LogP contribution in [0.1, 0.15) is 0 Å². The largest absolute Gasteiger partial charge is 0.455 e. The third-order valence-corrected chi connectivity index (χ3v) is 4.21. The summed E-state index contributed by atoms with van der Waals surface area (Å²) in [5.41, 5.74) is 0.561. The van der Waals surface area contributed by atoms with E-state index in [4.69, 9.17) is 16.3 Å². The number of anilines is 2. The van der Waals surface area contributed by atoms with Gasteiger partial charge in [0.15, 0.2) is 6.61 Å². The van der Waals surface area contributed by atoms with Crippen molar-refractivity contribution in [2.24, 2.45) is 0 Å². The quantitative estimate of drug-likeness (QED) is 0.652. The van der Waals surface area contributed by atoms with Crippen LogP contribution in [0.15, 0.2) is 48.5 Å². The fourth-order valence-corrected chi connectivity index (χ4v) is 2.73. The van der Waals surface area contributed by atoms with Crippen molar-refractivity contribution in [3.8, 4) is 0 Å². The number of halogens is 2. The number of amides is 2. The Morgan fingerprint density at radius 3 is 2.52 bits per heavy atom. The molecule has 0 bridgehead atoms. The normalized spacial score (nSPS) is 10.1. The molecule has 142 valence electrons. The van der Waals surface area contributed by atoms with E-state index in [-0.39, 0.29) is 17.2 Å². The topological polar surface area (TPSA) is 84.5 Å². The van der Waals surface area contributed by atoms with Gasteiger partial charge in [0.1, 0.15) is 5.82 Å². The van der Waals surface area contributed by atoms with Crippen LogP contribution in [0.4, 0.5) is 15.8 Å². The van der Waals surface area contributed by atoms with Crippen LogP contribution in [-0.2, 0) is 19.1 Å². The predicted octanol–water partition coefficient (Wildman–Crippen LogP) is 3.33. The number of para-hydroxylation sites is 1. The van der Waals surface area contributed by atoms with Crippen LogP contribution in [-0.4, -0.2) is 35.9 Å². The van der Waals surface area contributed by atoms with E-state index < -0.39 is 30.2 Å². The molecule has 0 aliphatic heterocycles. The summed E-state index contributed by atoms with van der Waals surface area (Å²) in [6.45, 7) is -0.451. The SMILES string of the molecule is O=C(COC(=O)CSCC(=O)Nc1ccccc1F)Nc1cccc(Cl)c1. The van der Waals surface area contributed by atoms with Crippen molar-refractivity contribution in [3.05, 3.63) is 59.4 Å². The third-order valence-electron chi connectivity index (χ3n) is 3.07. The molecule has 0 aromatic heterocycles. The molecule has 27 heavy (non-hydrogen) atoms. The lowest BCUT2D eigenvalue weighted by molar-refractivity contribution is -0.144. The minimum atomic E-state index is -0.639. The van der Waals surface area contributed by atoms with Gasteiger partial charge >= 0.3 is 5.97 Å². The first-order chi connectivity index (χ1) is 12.9. The Morgan fingerprint density at radius 2 is 1.78 bits per heavy atom. The molecule has 2 aromatic rings. The van der Waals surface area contributed by atoms with Gasteiger partial charge in [-0.05, 0) is 30.3 Å². The summed E-state index contributed by atoms with van der Waals surface area (Å²) < 4.78 is 18.2. The number of benzene rings is 2. The van der Waals surface area contributed by atoms with Crippen LogP contribution >= 0.6 is 23.4 Å². The first kappa shape index (κ1) is 20.7. The highest BCUT2D eigenvalue weighted by atomic mass is 35.5. The minimum absolute atomic E-state index is 0.0574. The van der Waals surface area contributed by atoms with E-state index >= 15 is 0 Å². The molecule has 0 aliphatic rings. The summed E-state index contributed by atoms with van der Waals surface area (Å²) in [6, 6.07) is 12.3. The van der Waals surface area contributed by atoms with E-state index in [0.29, 0.717) is 10.7 Å². The smallest absolute Gasteiger partial charge is 0.316 e. The van der Waals surface area contributed by atoms with E-state index in [9.17, 15) is 18.8 Å². The molecule has 2 amide bonds. The van der Waals surface area contributed by atoms with Crippen LogP contribution in [0.2, 0.25) is 5.02 Å². The highest BCUT2D eigenvalue weighted by Crippen LogP contribution is 2.15. The van der Waals surface area contributed by atoms with Gasteiger partial charge in [-0.3, -0.25) is 14.4 Å². The summed E-state index contributed by atoms with van der Waals surface area (Å²) in [4.78, 5) is 35.0. The van der Waals surface area contributed by atoms with Crippen molar-refractivity contribution in [3.63, 3.8) is 0 Å². The number of ether oxygens (including phenoxy) is 1. The monoisotopic (exact) mass is 410 g/mol. The van der Waals surface area contributed by atoms with E-state index in [1.165, 1.54) is 18.2 Å². The van der Waals surface area contributed by atoms with Gasteiger partial charge in [-0.25, -0.2) is 4.39 Å². The Hall–Kier alpha value is -2.58. The summed E-state index contributed by atoms with van der Waals surface area (Å²) in [7, 11) is 0. The third kappa shape index (κ3) is 7.67. The van der Waals surface area contributed by atoms with Gasteiger partial charge in [-0.1, -0.05) is 29.8 Å². The molecule has 0 saturated heterocycles. The molecule has 0 atom stereocenters. The van der Waals surface area contributed by atoms with Crippen molar-refractivity contribution in [2.45, 2.75) is 0 Å². The first-order valence-corrected chi connectivity index (χ1v) is 9.30. The number of esters is 1. The van der Waals surface area contributed by atoms with Gasteiger partial charge in [0, 0.05) is 10.7 Å². The summed E-state index contributed by atoms with van der Waals surface area (Å²) in [5.74, 6) is -2.31. The number of thioether (sulfide) groups is 1. The van der Waals surface area contributed by atoms with Crippen LogP contribution in [0.5, 0.6) is 0 Å². The number of hydrogen-bond donors (Lipinski definition) is 2. The lowest BCUT2D eigenvalue weighted by Crippen LogP contribution is -2.22. The van der Waals surface area contributed by atoms with Crippen LogP contribution in [0.25, 0.3) is 0 Å². The molecule has 0 unspecified atom stereocenters. The van der Waals surface area contributed by atoms with Gasteiger partial charge < -0.3 is 15.4 Å². The van der Waals surface area contributed by atoms with E-state index in [2.05, 4.69) is 10.6 Å². The van der Waals surface area contributed by atoms with Gasteiger partial charge in [-0.2, -0.15) is 0 Å². The zero-order valence-corrected chi connectivity index (χ0v) is 15.6. The number of rotatable bonds is 8. The lowest BCUT2D eigenvalue weighted by atomic mass is 10.3. The highest BCUT2D eigenvalue weighted by Gasteiger charge is 2.11. The molecule has 0 radical (unpaired) electrons. The molecule has 0 heterocycles. The molecule has 0 saturated carbocycles. The Morgan fingerprint density at radius 1 is 1.00 bits per heavy atom. The fraction of sp³-hybridized carbons (Fsp3) is 0.167. The van der Waals surface area contributed by atoms with Crippen LogP contribution < -0.4 is 10.6 Å². The molecule has 9 heteroatoms. The van der Waals surface area contributed by atoms with Crippen molar-refractivity contribution >= 4 is 52.5 Å². The van der Waals surface area contributed by atoms with Gasteiger partial charge in [0.25, 0.3) is 5.91 Å². The number of carbonyl (C=O) groups excluding carboxylic acids is 3. The standard InChI is InChI=1S/C18H16ClFN2O4S/c19-12-4-3-5-13(8-12)21-16(23)9-26-18(25)11-27-10-17(24)22-15-7-2-1-6-14(15)20/h1-8H,9-11H2,(H,21,23)(H,22,24). The molecule has 2 rings (SSSR count). The van der Waals surface area contributed by atoms with Crippen molar-refractivity contribution in [2.75, 3.05) is 28.7 Å². The maximum absolute atomic E-state index is 13.4. The fourth-order valence-electron chi connectivity index (χ4n) is 1.93. The highest BCUT2D eigenvalue weighted by molar-refractivity contribution is 8.00. The minimum Gasteiger partial charge on any atom is -0.455 e. The zero-order chi connectivity index (χ0) is 19.6. The average molecular weight is 411 g/mol. The average Bonchev–Trinajstić information content (AvgIpc) is 2.62. The molecule has 0 aliphatic carbocycles. The molecule has 0 fully saturated rings. The Labute approximate surface area is 164 Å². The van der Waals surface area contributed by atoms with Gasteiger partial charge in [-0.15, -0.1) is 11.8 Å². The molecule has 6 nitrogen and oxygen atoms in total. The maximum Gasteiger partial charge on any atom is 0.316 e. The molecule has 0 spiro atoms. The second-order valence-electron chi connectivity index (χ2n) is 5.24. The molecule has 2 aromatic carbocycles. The Kier molecular flexibility index (Phi) is 8.09. The van der Waals surface area contributed by atoms with Crippen LogP contribution in [0.3, 0.4) is 0 Å². The van der Waals surface area contributed by atoms with Crippen LogP contribution in [0, 0.1) is 5.82 Å². The lowest BCUT2D eigenvalue weighted by Gasteiger charge is -2.07. The van der Waals surface area contributed by atoms with Gasteiger partial charge in [0.05, 0.1) is 17.2 Å². The molecular weight excluding hydrogens is 395 g/mol. The summed E-state index contributed by atoms with van der Waals surface area (Å²) in [5, 5.41) is 5.41. The van der Waals surface area contributed by atoms with Gasteiger partial charge in [0.2, 0.25) is 5.91 Å². The second-order valence-corrected chi connectivity index (χ2v) is 6.66. The number of nitrogens with one attached hydrogen (secondary N) is 2. The van der Waals surface area contributed by atoms with Crippen molar-refractivity contribution < 1.29 is 23.5 Å². The predicted molar refractivity (Wildman–Crippen MR) is 103 cm³/mol. The molecule has 2 N–H and O–H groups in total. The van der Waals surface area contributed by atoms with Crippen molar-refractivity contribution in [1.29, 1.82) is 0 Å². The Bertz CT molecular complexity index is 835. The van der Waals surface area contributed by atoms with Crippen molar-refractivity contribution in [1.82, 2.24) is 0 Å². The van der Waals surface area contributed by atoms with E-state index in [1.807, 2.05) is 0 Å². The van der Waals surface area contributed by atoms with E-state index in [0.717, 1.165) is 11.8 Å². The summed E-state index contributed by atoms with van der Waals surface area (Å²) >= 11 is 6.80. The maximum atomic E-state index is 13.4. The first-order valence-electron chi connectivity index (χ1n) is 7.77. The number of carbonyl (C=O) groups is 3. The molecular formula is C18H16ClFN2O4S. The second kappa shape index (κ2) is 10.5.